The molecule has 4 heteroatoms. The summed E-state index contributed by atoms with van der Waals surface area (Å²) in [4.78, 5) is 4.65. The van der Waals surface area contributed by atoms with E-state index in [1.54, 1.807) is 0 Å². The number of ether oxygens (including phenoxy) is 1. The Kier molecular flexibility index (Phi) is 9.93. The molecule has 0 spiro atoms. The highest BCUT2D eigenvalue weighted by molar-refractivity contribution is 6.10. The summed E-state index contributed by atoms with van der Waals surface area (Å²) in [6.07, 6.45) is 1.86. The van der Waals surface area contributed by atoms with Crippen molar-refractivity contribution in [2.75, 3.05) is 9.80 Å². The van der Waals surface area contributed by atoms with Crippen LogP contribution in [0.4, 0.5) is 34.1 Å². The van der Waals surface area contributed by atoms with Crippen molar-refractivity contribution in [1.29, 1.82) is 0 Å². The first-order valence-electron chi connectivity index (χ1n) is 19.4. The van der Waals surface area contributed by atoms with E-state index in [1.807, 2.05) is 6.08 Å². The molecule has 0 radical (unpaired) electrons. The molecule has 0 aliphatic heterocycles. The first-order chi connectivity index (χ1) is 28.1. The van der Waals surface area contributed by atoms with Gasteiger partial charge >= 0.3 is 0 Å². The Morgan fingerprint density at radius 1 is 0.456 bits per heavy atom. The van der Waals surface area contributed by atoms with E-state index in [2.05, 4.69) is 228 Å². The molecular formula is C53H43N3O. The largest absolute Gasteiger partial charge is 0.372 e. The summed E-state index contributed by atoms with van der Waals surface area (Å²) >= 11 is 0. The fraction of sp³-hybridized carbons (Fsp3) is 0.0566. The molecule has 276 valence electrons. The van der Waals surface area contributed by atoms with E-state index in [0.29, 0.717) is 13.2 Å². The van der Waals surface area contributed by atoms with Crippen molar-refractivity contribution in [2.45, 2.75) is 20.1 Å². The molecule has 0 saturated heterocycles. The molecule has 4 nitrogen and oxygen atoms in total. The van der Waals surface area contributed by atoms with Gasteiger partial charge in [0.2, 0.25) is 0 Å². The second kappa shape index (κ2) is 15.9. The second-order valence-corrected chi connectivity index (χ2v) is 14.4. The third-order valence-electron chi connectivity index (χ3n) is 10.5. The van der Waals surface area contributed by atoms with Gasteiger partial charge in [-0.2, -0.15) is 0 Å². The number of aryl methyl sites for hydroxylation is 1. The third-order valence-corrected chi connectivity index (χ3v) is 10.5. The number of rotatable bonds is 12. The minimum atomic E-state index is 0.548. The van der Waals surface area contributed by atoms with Gasteiger partial charge in [-0.15, -0.1) is 0 Å². The molecule has 0 unspecified atom stereocenters. The van der Waals surface area contributed by atoms with Crippen molar-refractivity contribution in [1.82, 2.24) is 4.57 Å². The molecule has 1 heterocycles. The van der Waals surface area contributed by atoms with Gasteiger partial charge < -0.3 is 19.1 Å². The van der Waals surface area contributed by atoms with Gasteiger partial charge in [0.25, 0.3) is 0 Å². The summed E-state index contributed by atoms with van der Waals surface area (Å²) in [5, 5.41) is 2.41. The Hall–Kier alpha value is -7.14. The molecular weight excluding hydrogens is 695 g/mol. The third kappa shape index (κ3) is 7.35. The first kappa shape index (κ1) is 35.6. The van der Waals surface area contributed by atoms with Crippen LogP contribution < -0.4 is 9.80 Å². The van der Waals surface area contributed by atoms with Gasteiger partial charge in [0.15, 0.2) is 0 Å². The summed E-state index contributed by atoms with van der Waals surface area (Å²) < 4.78 is 8.45. The predicted molar refractivity (Wildman–Crippen MR) is 240 cm³/mol. The van der Waals surface area contributed by atoms with Gasteiger partial charge in [0.1, 0.15) is 0 Å². The molecule has 0 N–H and O–H groups in total. The Morgan fingerprint density at radius 2 is 0.912 bits per heavy atom. The highest BCUT2D eigenvalue weighted by Gasteiger charge is 2.19. The second-order valence-electron chi connectivity index (χ2n) is 14.4. The molecule has 9 rings (SSSR count). The van der Waals surface area contributed by atoms with E-state index >= 15 is 0 Å². The minimum absolute atomic E-state index is 0.548. The number of hydrogen-bond donors (Lipinski definition) is 0. The maximum Gasteiger partial charge on any atom is 0.0721 e. The lowest BCUT2D eigenvalue weighted by molar-refractivity contribution is 0.107. The topological polar surface area (TPSA) is 20.6 Å². The average molecular weight is 738 g/mol. The SMILES string of the molecule is C=Cc1ccc(COCc2ccc(-n3c4ccccc4c4cc(N(c5ccccc5)c5ccc(N(c6ccccc6)c6ccc(C)cc6)cc5)ccc43)cc2)cc1. The molecule has 0 fully saturated rings. The maximum atomic E-state index is 6.08. The zero-order chi connectivity index (χ0) is 38.6. The summed E-state index contributed by atoms with van der Waals surface area (Å²) in [7, 11) is 0. The number of aromatic nitrogens is 1. The van der Waals surface area contributed by atoms with E-state index < -0.39 is 0 Å². The zero-order valence-corrected chi connectivity index (χ0v) is 32.0. The molecule has 0 saturated carbocycles. The summed E-state index contributed by atoms with van der Waals surface area (Å²) in [6, 6.07) is 71.4. The van der Waals surface area contributed by atoms with Crippen molar-refractivity contribution < 1.29 is 4.74 Å². The van der Waals surface area contributed by atoms with E-state index in [9.17, 15) is 0 Å². The average Bonchev–Trinajstić information content (AvgIpc) is 3.60. The van der Waals surface area contributed by atoms with Crippen LogP contribution in [-0.2, 0) is 18.0 Å². The van der Waals surface area contributed by atoms with E-state index in [-0.39, 0.29) is 0 Å². The van der Waals surface area contributed by atoms with Crippen LogP contribution >= 0.6 is 0 Å². The zero-order valence-electron chi connectivity index (χ0n) is 32.0. The Bertz CT molecular complexity index is 2750. The van der Waals surface area contributed by atoms with Gasteiger partial charge in [-0.3, -0.25) is 0 Å². The number of para-hydroxylation sites is 3. The van der Waals surface area contributed by atoms with Crippen molar-refractivity contribution in [2.24, 2.45) is 0 Å². The maximum absolute atomic E-state index is 6.08. The molecule has 0 bridgehead atoms. The lowest BCUT2D eigenvalue weighted by atomic mass is 10.1. The molecule has 57 heavy (non-hydrogen) atoms. The van der Waals surface area contributed by atoms with Gasteiger partial charge in [0.05, 0.1) is 24.2 Å². The summed E-state index contributed by atoms with van der Waals surface area (Å²) in [5.74, 6) is 0. The van der Waals surface area contributed by atoms with E-state index in [0.717, 1.165) is 62.0 Å². The lowest BCUT2D eigenvalue weighted by Crippen LogP contribution is -2.12. The van der Waals surface area contributed by atoms with Crippen molar-refractivity contribution in [3.8, 4) is 5.69 Å². The standard InChI is InChI=1S/C53H43N3O/c1-3-40-20-22-41(23-21-40)37-57-38-42-24-28-48(29-25-42)56-52-17-11-10-16-50(52)51-36-49(34-35-53(51)56)55(44-14-8-5-9-15-44)47-32-30-46(31-33-47)54(43-12-6-4-7-13-43)45-26-18-39(2)19-27-45/h3-36H,1,37-38H2,2H3. The monoisotopic (exact) mass is 737 g/mol. The van der Waals surface area contributed by atoms with E-state index in [4.69, 9.17) is 4.74 Å². The van der Waals surface area contributed by atoms with Crippen LogP contribution in [0.3, 0.4) is 0 Å². The molecule has 0 atom stereocenters. The molecule has 9 aromatic rings. The number of anilines is 6. The van der Waals surface area contributed by atoms with Gasteiger partial charge in [-0.05, 0) is 121 Å². The normalized spacial score (nSPS) is 11.2. The smallest absolute Gasteiger partial charge is 0.0721 e. The van der Waals surface area contributed by atoms with Crippen molar-refractivity contribution >= 4 is 62.0 Å². The van der Waals surface area contributed by atoms with Crippen LogP contribution in [0.5, 0.6) is 0 Å². The van der Waals surface area contributed by atoms with Crippen LogP contribution in [-0.4, -0.2) is 4.57 Å². The van der Waals surface area contributed by atoms with Crippen LogP contribution in [0.25, 0.3) is 33.6 Å². The van der Waals surface area contributed by atoms with Crippen molar-refractivity contribution in [3.05, 3.63) is 229 Å². The summed E-state index contributed by atoms with van der Waals surface area (Å²) in [6.45, 7) is 7.08. The van der Waals surface area contributed by atoms with Crippen LogP contribution in [0.15, 0.2) is 207 Å². The van der Waals surface area contributed by atoms with Crippen LogP contribution in [0, 0.1) is 6.92 Å². The molecule has 8 aromatic carbocycles. The Balaban J connectivity index is 1.05. The Morgan fingerprint density at radius 3 is 1.49 bits per heavy atom. The molecule has 0 amide bonds. The number of benzene rings is 8. The highest BCUT2D eigenvalue weighted by Crippen LogP contribution is 2.41. The van der Waals surface area contributed by atoms with Gasteiger partial charge in [0, 0.05) is 50.6 Å². The number of fused-ring (bicyclic) bond motifs is 3. The van der Waals surface area contributed by atoms with Gasteiger partial charge in [-0.25, -0.2) is 0 Å². The van der Waals surface area contributed by atoms with E-state index in [1.165, 1.54) is 21.9 Å². The van der Waals surface area contributed by atoms with Crippen molar-refractivity contribution in [3.63, 3.8) is 0 Å². The van der Waals surface area contributed by atoms with Gasteiger partial charge in [-0.1, -0.05) is 121 Å². The van der Waals surface area contributed by atoms with Crippen LogP contribution in [0.1, 0.15) is 22.3 Å². The molecule has 0 aliphatic carbocycles. The fourth-order valence-electron chi connectivity index (χ4n) is 7.65. The fourth-order valence-corrected chi connectivity index (χ4v) is 7.65. The molecule has 0 aliphatic rings. The highest BCUT2D eigenvalue weighted by atomic mass is 16.5. The lowest BCUT2D eigenvalue weighted by Gasteiger charge is -2.28. The van der Waals surface area contributed by atoms with Crippen LogP contribution in [0.2, 0.25) is 0 Å². The molecule has 1 aromatic heterocycles. The quantitative estimate of drug-likeness (QED) is 0.125. The Labute approximate surface area is 334 Å². The number of hydrogen-bond acceptors (Lipinski definition) is 3. The predicted octanol–water partition coefficient (Wildman–Crippen LogP) is 14.4. The number of nitrogens with zero attached hydrogens (tertiary/aromatic N) is 3. The summed E-state index contributed by atoms with van der Waals surface area (Å²) in [5.41, 5.74) is 14.7. The first-order valence-corrected chi connectivity index (χ1v) is 19.4. The minimum Gasteiger partial charge on any atom is -0.372 e.